The van der Waals surface area contributed by atoms with Crippen LogP contribution in [0.25, 0.3) is 5.65 Å². The van der Waals surface area contributed by atoms with Gasteiger partial charge in [0.05, 0.1) is 6.54 Å². The van der Waals surface area contributed by atoms with E-state index in [2.05, 4.69) is 44.6 Å². The van der Waals surface area contributed by atoms with Crippen LogP contribution in [0.3, 0.4) is 0 Å². The molecule has 0 atom stereocenters. The van der Waals surface area contributed by atoms with Gasteiger partial charge >= 0.3 is 0 Å². The Morgan fingerprint density at radius 3 is 2.80 bits per heavy atom. The second-order valence-corrected chi connectivity index (χ2v) is 6.46. The van der Waals surface area contributed by atoms with Gasteiger partial charge in [-0.3, -0.25) is 14.3 Å². The van der Waals surface area contributed by atoms with Crippen molar-refractivity contribution in [2.24, 2.45) is 4.99 Å². The third kappa shape index (κ3) is 5.27. The maximum Gasteiger partial charge on any atom is 0.191 e. The quantitative estimate of drug-likeness (QED) is 0.378. The number of aliphatic imine (C=N–C) groups is 1. The van der Waals surface area contributed by atoms with Crippen LogP contribution in [0, 0.1) is 0 Å². The van der Waals surface area contributed by atoms with Crippen molar-refractivity contribution in [2.45, 2.75) is 45.3 Å². The highest BCUT2D eigenvalue weighted by molar-refractivity contribution is 14.0. The Bertz CT molecular complexity index is 691. The summed E-state index contributed by atoms with van der Waals surface area (Å²) in [6, 6.07) is 7.26. The highest BCUT2D eigenvalue weighted by Gasteiger charge is 2.30. The normalized spacial score (nSPS) is 14.8. The summed E-state index contributed by atoms with van der Waals surface area (Å²) in [6.45, 7) is 7.04. The van der Waals surface area contributed by atoms with Crippen LogP contribution in [-0.4, -0.2) is 57.7 Å². The summed E-state index contributed by atoms with van der Waals surface area (Å²) in [7, 11) is 1.79. The summed E-state index contributed by atoms with van der Waals surface area (Å²) in [5.41, 5.74) is 0.856. The van der Waals surface area contributed by atoms with Gasteiger partial charge in [0, 0.05) is 38.4 Å². The van der Waals surface area contributed by atoms with E-state index in [1.807, 2.05) is 28.8 Å². The summed E-state index contributed by atoms with van der Waals surface area (Å²) in [4.78, 5) is 6.85. The van der Waals surface area contributed by atoms with Gasteiger partial charge in [-0.25, -0.2) is 0 Å². The average Bonchev–Trinajstić information content (AvgIpc) is 3.34. The van der Waals surface area contributed by atoms with Gasteiger partial charge in [-0.15, -0.1) is 34.2 Å². The van der Waals surface area contributed by atoms with Gasteiger partial charge in [0.25, 0.3) is 0 Å². The minimum Gasteiger partial charge on any atom is -0.355 e. The van der Waals surface area contributed by atoms with Gasteiger partial charge < -0.3 is 10.6 Å². The number of halogens is 1. The van der Waals surface area contributed by atoms with Crippen LogP contribution in [0.2, 0.25) is 0 Å². The number of nitrogens with zero attached hydrogens (tertiary/aromatic N) is 5. The monoisotopic (exact) mass is 457 g/mol. The molecule has 2 aromatic rings. The molecule has 8 heteroatoms. The molecule has 1 aliphatic carbocycles. The van der Waals surface area contributed by atoms with Crippen LogP contribution < -0.4 is 10.6 Å². The van der Waals surface area contributed by atoms with Crippen LogP contribution in [-0.2, 0) is 6.54 Å². The molecule has 2 heterocycles. The third-order valence-electron chi connectivity index (χ3n) is 4.36. The Hall–Kier alpha value is -1.42. The van der Waals surface area contributed by atoms with Crippen molar-refractivity contribution in [3.05, 3.63) is 30.2 Å². The van der Waals surface area contributed by atoms with E-state index in [4.69, 9.17) is 0 Å². The van der Waals surface area contributed by atoms with E-state index in [0.29, 0.717) is 12.6 Å². The molecule has 1 saturated carbocycles. The molecule has 25 heavy (non-hydrogen) atoms. The molecule has 0 spiro atoms. The van der Waals surface area contributed by atoms with Crippen molar-refractivity contribution >= 4 is 35.6 Å². The minimum atomic E-state index is 0. The zero-order chi connectivity index (χ0) is 16.9. The van der Waals surface area contributed by atoms with Gasteiger partial charge in [-0.05, 0) is 38.8 Å². The average molecular weight is 457 g/mol. The molecule has 0 saturated heterocycles. The first-order valence-corrected chi connectivity index (χ1v) is 8.68. The van der Waals surface area contributed by atoms with Gasteiger partial charge in [0.15, 0.2) is 17.4 Å². The van der Waals surface area contributed by atoms with E-state index in [1.54, 1.807) is 7.05 Å². The maximum atomic E-state index is 4.29. The molecule has 0 unspecified atom stereocenters. The lowest BCUT2D eigenvalue weighted by atomic mass is 10.3. The molecule has 0 aromatic carbocycles. The van der Waals surface area contributed by atoms with Crippen LogP contribution in [0.5, 0.6) is 0 Å². The van der Waals surface area contributed by atoms with Gasteiger partial charge in [0.1, 0.15) is 0 Å². The first-order valence-electron chi connectivity index (χ1n) is 8.68. The molecule has 1 fully saturated rings. The third-order valence-corrected chi connectivity index (χ3v) is 4.36. The van der Waals surface area contributed by atoms with Crippen LogP contribution in [0.15, 0.2) is 29.4 Å². The molecular weight excluding hydrogens is 429 g/mol. The highest BCUT2D eigenvalue weighted by atomic mass is 127. The fraction of sp³-hybridized carbons (Fsp3) is 0.588. The van der Waals surface area contributed by atoms with E-state index in [1.165, 1.54) is 12.8 Å². The molecule has 2 N–H and O–H groups in total. The summed E-state index contributed by atoms with van der Waals surface area (Å²) >= 11 is 0. The lowest BCUT2D eigenvalue weighted by Crippen LogP contribution is -2.43. The first kappa shape index (κ1) is 19.9. The number of rotatable bonds is 7. The zero-order valence-corrected chi connectivity index (χ0v) is 17.5. The van der Waals surface area contributed by atoms with Crippen molar-refractivity contribution in [3.63, 3.8) is 0 Å². The molecule has 3 rings (SSSR count). The van der Waals surface area contributed by atoms with E-state index < -0.39 is 0 Å². The van der Waals surface area contributed by atoms with Gasteiger partial charge in [0.2, 0.25) is 0 Å². The predicted molar refractivity (Wildman–Crippen MR) is 111 cm³/mol. The van der Waals surface area contributed by atoms with Crippen LogP contribution in [0.1, 0.15) is 32.5 Å². The second kappa shape index (κ2) is 9.33. The first-order chi connectivity index (χ1) is 11.7. The molecule has 0 amide bonds. The van der Waals surface area contributed by atoms with E-state index in [0.717, 1.165) is 36.6 Å². The Balaban J connectivity index is 0.00000225. The number of pyridine rings is 1. The molecule has 2 aromatic heterocycles. The number of aromatic nitrogens is 3. The topological polar surface area (TPSA) is 69.8 Å². The Morgan fingerprint density at radius 1 is 1.32 bits per heavy atom. The molecule has 7 nitrogen and oxygen atoms in total. The van der Waals surface area contributed by atoms with Crippen molar-refractivity contribution in [3.8, 4) is 0 Å². The van der Waals surface area contributed by atoms with E-state index in [9.17, 15) is 0 Å². The van der Waals surface area contributed by atoms with E-state index >= 15 is 0 Å². The smallest absolute Gasteiger partial charge is 0.191 e. The fourth-order valence-corrected chi connectivity index (χ4v) is 2.97. The number of hydrogen-bond donors (Lipinski definition) is 2. The van der Waals surface area contributed by atoms with Gasteiger partial charge in [-0.1, -0.05) is 6.07 Å². The highest BCUT2D eigenvalue weighted by Crippen LogP contribution is 2.27. The number of guanidine groups is 1. The Kier molecular flexibility index (Phi) is 7.42. The van der Waals surface area contributed by atoms with Crippen LogP contribution in [0.4, 0.5) is 0 Å². The molecular formula is C17H28IN7. The Labute approximate surface area is 166 Å². The minimum absolute atomic E-state index is 0. The van der Waals surface area contributed by atoms with Crippen molar-refractivity contribution < 1.29 is 0 Å². The molecule has 0 radical (unpaired) electrons. The SMILES string of the molecule is CN=C(NCCN(C(C)C)C1CC1)NCc1nnc2ccccn12.I. The molecule has 138 valence electrons. The maximum absolute atomic E-state index is 4.29. The molecule has 1 aliphatic rings. The van der Waals surface area contributed by atoms with Crippen molar-refractivity contribution in [2.75, 3.05) is 20.1 Å². The summed E-state index contributed by atoms with van der Waals surface area (Å²) in [6.07, 6.45) is 4.65. The largest absolute Gasteiger partial charge is 0.355 e. The number of nitrogens with one attached hydrogen (secondary N) is 2. The lowest BCUT2D eigenvalue weighted by molar-refractivity contribution is 0.215. The van der Waals surface area contributed by atoms with Crippen LogP contribution >= 0.6 is 24.0 Å². The van der Waals surface area contributed by atoms with Crippen molar-refractivity contribution in [1.29, 1.82) is 0 Å². The fourth-order valence-electron chi connectivity index (χ4n) is 2.97. The number of hydrogen-bond acceptors (Lipinski definition) is 4. The van der Waals surface area contributed by atoms with Crippen molar-refractivity contribution in [1.82, 2.24) is 30.1 Å². The lowest BCUT2D eigenvalue weighted by Gasteiger charge is -2.26. The standard InChI is InChI=1S/C17H27N7.HI/c1-13(2)23(14-7-8-14)11-9-19-17(18-3)20-12-16-22-21-15-6-4-5-10-24(15)16;/h4-6,10,13-14H,7-9,11-12H2,1-3H3,(H2,18,19,20);1H. The zero-order valence-electron chi connectivity index (χ0n) is 15.1. The molecule has 0 bridgehead atoms. The predicted octanol–water partition coefficient (Wildman–Crippen LogP) is 1.89. The summed E-state index contributed by atoms with van der Waals surface area (Å²) < 4.78 is 1.98. The number of fused-ring (bicyclic) bond motifs is 1. The van der Waals surface area contributed by atoms with E-state index in [-0.39, 0.29) is 24.0 Å². The summed E-state index contributed by atoms with van der Waals surface area (Å²) in [5, 5.41) is 15.1. The molecule has 0 aliphatic heterocycles. The van der Waals surface area contributed by atoms with Gasteiger partial charge in [-0.2, -0.15) is 0 Å². The second-order valence-electron chi connectivity index (χ2n) is 6.46. The summed E-state index contributed by atoms with van der Waals surface area (Å²) in [5.74, 6) is 1.66. The Morgan fingerprint density at radius 2 is 2.12 bits per heavy atom.